The van der Waals surface area contributed by atoms with Gasteiger partial charge in [-0.15, -0.1) is 4.91 Å². The van der Waals surface area contributed by atoms with Crippen molar-refractivity contribution in [2.75, 3.05) is 0 Å². The number of hydrogen-bond acceptors (Lipinski definition) is 6. The maximum absolute atomic E-state index is 9.44. The molecule has 0 aromatic rings. The van der Waals surface area contributed by atoms with Gasteiger partial charge in [-0.3, -0.25) is 10.7 Å². The van der Waals surface area contributed by atoms with Gasteiger partial charge in [0.05, 0.1) is 0 Å². The Morgan fingerprint density at radius 1 is 1.47 bits per heavy atom. The van der Waals surface area contributed by atoms with Crippen LogP contribution >= 0.6 is 20.2 Å². The van der Waals surface area contributed by atoms with Crippen molar-refractivity contribution in [2.24, 2.45) is 16.6 Å². The van der Waals surface area contributed by atoms with Crippen molar-refractivity contribution >= 4 is 20.2 Å². The zero-order valence-electron chi connectivity index (χ0n) is 6.43. The first kappa shape index (κ1) is 25.3. The fourth-order valence-corrected chi connectivity index (χ4v) is 0.106. The zero-order chi connectivity index (χ0) is 13.3. The Morgan fingerprint density at radius 3 is 1.80 bits per heavy atom. The summed E-state index contributed by atoms with van der Waals surface area (Å²) in [6, 6.07) is 0. The Balaban J connectivity index is -0.0000000726. The van der Waals surface area contributed by atoms with E-state index in [1.54, 1.807) is 0 Å². The second-order valence-corrected chi connectivity index (χ2v) is 2.73. The number of hydrogen-bond donors (Lipinski definition) is 4. The molecule has 0 radical (unpaired) electrons. The molecule has 0 aliphatic heterocycles. The number of nitroso groups, excluding NO2 is 1. The third-order valence-corrected chi connectivity index (χ3v) is 0.495. The minimum absolute atomic E-state index is 0.347. The predicted octanol–water partition coefficient (Wildman–Crippen LogP) is -0.388. The first-order chi connectivity index (χ1) is 7.13. The zero-order valence-corrected chi connectivity index (χ0v) is 12.4. The molecule has 0 aromatic carbocycles. The average molecular weight is 453 g/mol. The van der Waals surface area contributed by atoms with Crippen LogP contribution in [0, 0.1) is 25.1 Å². The van der Waals surface area contributed by atoms with Crippen molar-refractivity contribution in [3.63, 3.8) is 0 Å². The molecule has 107 valence electrons. The van der Waals surface area contributed by atoms with Gasteiger partial charge >= 0.3 is 83.7 Å². The molecule has 0 aliphatic rings. The molecular formula is C2H8Cl4Cu3N4O2+2. The molecule has 0 saturated carbocycles. The van der Waals surface area contributed by atoms with E-state index in [4.69, 9.17) is 26.8 Å². The standard InChI is InChI=1S/C2H6N4O2.4ClH.3Cu/c3-1(5-7)2(4)6-8;;;;;;;/h5,7H,3-4H2;4*1H;;;/q;;;;;2*+1;+2/p-2/b2-1+;;;;;;;. The fraction of sp³-hybridized carbons (Fsp3) is 0. The van der Waals surface area contributed by atoms with Crippen LogP contribution in [0.3, 0.4) is 0 Å². The summed E-state index contributed by atoms with van der Waals surface area (Å²) < 4.78 is 0. The van der Waals surface area contributed by atoms with Gasteiger partial charge in [0.15, 0.2) is 5.82 Å². The second kappa shape index (κ2) is 29.5. The number of nitrogens with one attached hydrogen (secondary N) is 1. The molecule has 15 heavy (non-hydrogen) atoms. The Kier molecular flexibility index (Phi) is 49.8. The summed E-state index contributed by atoms with van der Waals surface area (Å²) in [5, 5.41) is 10.1. The van der Waals surface area contributed by atoms with Crippen molar-refractivity contribution in [1.29, 1.82) is 0 Å². The monoisotopic (exact) mass is 449 g/mol. The molecule has 0 aromatic heterocycles. The van der Waals surface area contributed by atoms with E-state index in [0.29, 0.717) is 0 Å². The average Bonchev–Trinajstić information content (AvgIpc) is 2.33. The number of nitrogens with zero attached hydrogens (tertiary/aromatic N) is 1. The van der Waals surface area contributed by atoms with Crippen LogP contribution in [0.1, 0.15) is 0 Å². The third-order valence-electron chi connectivity index (χ3n) is 0.495. The number of hydroxylamine groups is 1. The normalized spacial score (nSPS) is 8.87. The van der Waals surface area contributed by atoms with Crippen LogP contribution < -0.4 is 16.9 Å². The van der Waals surface area contributed by atoms with Crippen molar-refractivity contribution in [1.82, 2.24) is 5.48 Å². The van der Waals surface area contributed by atoms with Gasteiger partial charge in [0.2, 0.25) is 5.82 Å². The summed E-state index contributed by atoms with van der Waals surface area (Å²) in [4.78, 5) is 9.44. The summed E-state index contributed by atoms with van der Waals surface area (Å²) >= 11 is 8.30. The molecular weight excluding hydrogens is 444 g/mol. The van der Waals surface area contributed by atoms with Crippen molar-refractivity contribution in [3.05, 3.63) is 16.5 Å². The van der Waals surface area contributed by atoms with Gasteiger partial charge in [0, 0.05) is 0 Å². The quantitative estimate of drug-likeness (QED) is 0.259. The van der Waals surface area contributed by atoms with Crippen LogP contribution in [-0.2, 0) is 43.3 Å². The molecule has 0 saturated heterocycles. The predicted molar refractivity (Wildman–Crippen MR) is 40.6 cm³/mol. The molecule has 0 unspecified atom stereocenters. The summed E-state index contributed by atoms with van der Waals surface area (Å²) in [5.41, 5.74) is 11.1. The number of rotatable bonds is 2. The first-order valence-corrected chi connectivity index (χ1v) is 7.57. The molecule has 0 amide bonds. The van der Waals surface area contributed by atoms with Gasteiger partial charge in [0.1, 0.15) is 0 Å². The van der Waals surface area contributed by atoms with Crippen LogP contribution in [0.15, 0.2) is 16.8 Å². The molecule has 0 spiro atoms. The van der Waals surface area contributed by atoms with E-state index in [-0.39, 0.29) is 5.82 Å². The summed E-state index contributed by atoms with van der Waals surface area (Å²) in [5.74, 6) is -0.812. The van der Waals surface area contributed by atoms with E-state index >= 15 is 0 Å². The van der Waals surface area contributed by atoms with E-state index in [2.05, 4.69) is 65.7 Å². The van der Waals surface area contributed by atoms with E-state index in [1.165, 1.54) is 5.48 Å². The van der Waals surface area contributed by atoms with E-state index in [0.717, 1.165) is 13.1 Å². The van der Waals surface area contributed by atoms with E-state index in [1.807, 2.05) is 0 Å². The van der Waals surface area contributed by atoms with Gasteiger partial charge in [-0.1, -0.05) is 0 Å². The minimum atomic E-state index is -0.465. The summed E-state index contributed by atoms with van der Waals surface area (Å²) in [7, 11) is 16.6. The SMILES string of the molecule is N/C(N=O)=C(/N)NO.[ClH+][Cu].[Cl][Cu].[Cl][Cu][ClH+]. The van der Waals surface area contributed by atoms with Crippen LogP contribution in [0.25, 0.3) is 0 Å². The molecule has 6 nitrogen and oxygen atoms in total. The van der Waals surface area contributed by atoms with E-state index < -0.39 is 5.82 Å². The summed E-state index contributed by atoms with van der Waals surface area (Å²) in [6.07, 6.45) is 0. The summed E-state index contributed by atoms with van der Waals surface area (Å²) in [6.45, 7) is 0. The van der Waals surface area contributed by atoms with Gasteiger partial charge < -0.3 is 11.5 Å². The molecule has 0 bridgehead atoms. The Bertz CT molecular complexity index is 152. The molecule has 13 heteroatoms. The molecule has 0 fully saturated rings. The maximum atomic E-state index is 9.44. The molecule has 0 heterocycles. The van der Waals surface area contributed by atoms with Crippen LogP contribution in [0.4, 0.5) is 0 Å². The van der Waals surface area contributed by atoms with Crippen LogP contribution in [0.5, 0.6) is 0 Å². The van der Waals surface area contributed by atoms with E-state index in [9.17, 15) is 4.91 Å². The van der Waals surface area contributed by atoms with Gasteiger partial charge in [-0.05, 0) is 5.18 Å². The Labute approximate surface area is 126 Å². The molecule has 6 N–H and O–H groups in total. The second-order valence-electron chi connectivity index (χ2n) is 1.05. The topological polar surface area (TPSA) is 114 Å². The molecule has 0 aliphatic carbocycles. The Morgan fingerprint density at radius 2 is 1.73 bits per heavy atom. The fourth-order valence-electron chi connectivity index (χ4n) is 0.106. The molecule has 0 rings (SSSR count). The van der Waals surface area contributed by atoms with Gasteiger partial charge in [-0.25, -0.2) is 0 Å². The first-order valence-electron chi connectivity index (χ1n) is 2.18. The van der Waals surface area contributed by atoms with Crippen molar-refractivity contribution in [3.8, 4) is 0 Å². The number of halogens is 4. The van der Waals surface area contributed by atoms with Crippen LogP contribution in [-0.4, -0.2) is 5.21 Å². The third kappa shape index (κ3) is 31.3. The van der Waals surface area contributed by atoms with Crippen molar-refractivity contribution in [2.45, 2.75) is 0 Å². The Hall–Kier alpha value is 1.42. The molecule has 0 atom stereocenters. The van der Waals surface area contributed by atoms with Crippen molar-refractivity contribution < 1.29 is 68.7 Å². The van der Waals surface area contributed by atoms with Gasteiger partial charge in [0.25, 0.3) is 0 Å². The van der Waals surface area contributed by atoms with Gasteiger partial charge in [-0.2, -0.15) is 0 Å². The number of nitrogens with two attached hydrogens (primary N) is 2. The van der Waals surface area contributed by atoms with Crippen LogP contribution in [0.2, 0.25) is 0 Å².